The molecule has 0 aromatic carbocycles. The third kappa shape index (κ3) is 3.91. The molecule has 0 bridgehead atoms. The van der Waals surface area contributed by atoms with E-state index in [0.29, 0.717) is 17.3 Å². The summed E-state index contributed by atoms with van der Waals surface area (Å²) in [6.07, 6.45) is 0.702. The molecule has 0 amide bonds. The predicted molar refractivity (Wildman–Crippen MR) is 68.1 cm³/mol. The summed E-state index contributed by atoms with van der Waals surface area (Å²) in [4.78, 5) is 10.6. The van der Waals surface area contributed by atoms with Crippen molar-refractivity contribution >= 4 is 32.5 Å². The maximum atomic E-state index is 11.6. The normalized spacial score (nSPS) is 13.6. The van der Waals surface area contributed by atoms with Crippen LogP contribution in [0.3, 0.4) is 0 Å². The van der Waals surface area contributed by atoms with Crippen LogP contribution in [0.4, 0.5) is 5.13 Å². The number of rotatable bonds is 6. The second-order valence-corrected chi connectivity index (χ2v) is 7.29. The van der Waals surface area contributed by atoms with Gasteiger partial charge in [-0.1, -0.05) is 25.2 Å². The Kier molecular flexibility index (Phi) is 4.63. The van der Waals surface area contributed by atoms with Crippen LogP contribution >= 0.6 is 11.3 Å². The largest absolute Gasteiger partial charge is 0.480 e. The third-order valence-electron chi connectivity index (χ3n) is 2.09. The fraction of sp³-hybridized carbons (Fsp3) is 0.667. The Hall–Kier alpha value is -1.22. The lowest BCUT2D eigenvalue weighted by Gasteiger charge is -2.07. The van der Waals surface area contributed by atoms with Crippen LogP contribution in [0.1, 0.15) is 25.8 Å². The van der Waals surface area contributed by atoms with E-state index in [1.165, 1.54) is 0 Å². The van der Waals surface area contributed by atoms with Gasteiger partial charge in [-0.05, 0) is 12.8 Å². The van der Waals surface area contributed by atoms with E-state index in [1.54, 1.807) is 0 Å². The molecule has 1 heterocycles. The number of hydrogen-bond donors (Lipinski definition) is 2. The number of aromatic nitrogens is 2. The molecule has 0 spiro atoms. The van der Waals surface area contributed by atoms with Gasteiger partial charge in [0.15, 0.2) is 5.25 Å². The highest BCUT2D eigenvalue weighted by molar-refractivity contribution is 7.94. The molecular weight excluding hydrogens is 278 g/mol. The molecule has 102 valence electrons. The monoisotopic (exact) mass is 293 g/mol. The fourth-order valence-electron chi connectivity index (χ4n) is 1.07. The first-order valence-electron chi connectivity index (χ1n) is 5.29. The van der Waals surface area contributed by atoms with Crippen molar-refractivity contribution in [3.8, 4) is 0 Å². The average Bonchev–Trinajstić information content (AvgIpc) is 2.62. The molecule has 0 saturated heterocycles. The summed E-state index contributed by atoms with van der Waals surface area (Å²) in [5, 5.41) is 15.5. The molecule has 1 rings (SSSR count). The first-order chi connectivity index (χ1) is 8.22. The summed E-state index contributed by atoms with van der Waals surface area (Å²) in [5.41, 5.74) is 0. The summed E-state index contributed by atoms with van der Waals surface area (Å²) in [7, 11) is -3.97. The van der Waals surface area contributed by atoms with Crippen LogP contribution in [-0.2, 0) is 21.2 Å². The number of anilines is 1. The van der Waals surface area contributed by atoms with E-state index in [2.05, 4.69) is 14.9 Å². The summed E-state index contributed by atoms with van der Waals surface area (Å²) in [5.74, 6) is -1.02. The van der Waals surface area contributed by atoms with Crippen LogP contribution < -0.4 is 4.72 Å². The van der Waals surface area contributed by atoms with Crippen LogP contribution in [0, 0.1) is 5.92 Å². The Morgan fingerprint density at radius 3 is 2.50 bits per heavy atom. The van der Waals surface area contributed by atoms with E-state index < -0.39 is 21.2 Å². The van der Waals surface area contributed by atoms with Crippen molar-refractivity contribution < 1.29 is 18.3 Å². The molecule has 1 aromatic heterocycles. The van der Waals surface area contributed by atoms with Crippen LogP contribution in [0.2, 0.25) is 0 Å². The highest BCUT2D eigenvalue weighted by Gasteiger charge is 2.28. The highest BCUT2D eigenvalue weighted by atomic mass is 32.2. The van der Waals surface area contributed by atoms with E-state index >= 15 is 0 Å². The number of aliphatic carboxylic acids is 1. The van der Waals surface area contributed by atoms with E-state index in [1.807, 2.05) is 13.8 Å². The minimum Gasteiger partial charge on any atom is -0.480 e. The van der Waals surface area contributed by atoms with Gasteiger partial charge in [0.25, 0.3) is 0 Å². The molecule has 0 aliphatic heterocycles. The average molecular weight is 293 g/mol. The molecule has 1 aromatic rings. The summed E-state index contributed by atoms with van der Waals surface area (Å²) in [6, 6.07) is 0. The lowest BCUT2D eigenvalue weighted by molar-refractivity contribution is -0.136. The first-order valence-corrected chi connectivity index (χ1v) is 7.65. The second kappa shape index (κ2) is 5.61. The molecule has 18 heavy (non-hydrogen) atoms. The van der Waals surface area contributed by atoms with Crippen molar-refractivity contribution in [2.45, 2.75) is 32.4 Å². The molecule has 0 saturated carbocycles. The summed E-state index contributed by atoms with van der Waals surface area (Å²) in [6.45, 7) is 5.12. The van der Waals surface area contributed by atoms with Crippen LogP contribution in [0.25, 0.3) is 0 Å². The number of nitrogens with one attached hydrogen (secondary N) is 1. The molecule has 1 atom stereocenters. The van der Waals surface area contributed by atoms with Crippen molar-refractivity contribution in [1.29, 1.82) is 0 Å². The van der Waals surface area contributed by atoms with Gasteiger partial charge in [-0.15, -0.1) is 10.2 Å². The van der Waals surface area contributed by atoms with E-state index in [4.69, 9.17) is 5.11 Å². The van der Waals surface area contributed by atoms with E-state index in [9.17, 15) is 13.2 Å². The lowest BCUT2D eigenvalue weighted by Crippen LogP contribution is -2.32. The van der Waals surface area contributed by atoms with Crippen LogP contribution in [-0.4, -0.2) is 34.9 Å². The first kappa shape index (κ1) is 14.8. The number of carboxylic acids is 1. The topological polar surface area (TPSA) is 109 Å². The predicted octanol–water partition coefficient (Wildman–Crippen LogP) is 0.951. The van der Waals surface area contributed by atoms with E-state index in [-0.39, 0.29) is 5.13 Å². The number of sulfonamides is 1. The fourth-order valence-corrected chi connectivity index (χ4v) is 3.11. The van der Waals surface area contributed by atoms with Crippen LogP contribution in [0.15, 0.2) is 0 Å². The van der Waals surface area contributed by atoms with Gasteiger partial charge in [0.05, 0.1) is 0 Å². The number of carboxylic acid groups (broad SMARTS) is 1. The Bertz CT molecular complexity index is 524. The number of hydrogen-bond acceptors (Lipinski definition) is 6. The quantitative estimate of drug-likeness (QED) is 0.808. The van der Waals surface area contributed by atoms with Gasteiger partial charge in [0.2, 0.25) is 15.2 Å². The van der Waals surface area contributed by atoms with Gasteiger partial charge < -0.3 is 5.11 Å². The van der Waals surface area contributed by atoms with Crippen molar-refractivity contribution in [2.24, 2.45) is 5.92 Å². The number of carbonyl (C=O) groups is 1. The zero-order chi connectivity index (χ0) is 13.9. The summed E-state index contributed by atoms with van der Waals surface area (Å²) >= 11 is 1.11. The maximum absolute atomic E-state index is 11.6. The Labute approximate surface area is 109 Å². The van der Waals surface area contributed by atoms with Gasteiger partial charge in [-0.2, -0.15) is 0 Å². The SMILES string of the molecule is CC(C)Cc1nnc(NS(=O)(=O)C(C)C(=O)O)s1. The number of nitrogens with zero attached hydrogens (tertiary/aromatic N) is 2. The van der Waals surface area contributed by atoms with Gasteiger partial charge in [-0.25, -0.2) is 8.42 Å². The second-order valence-electron chi connectivity index (χ2n) is 4.23. The van der Waals surface area contributed by atoms with Gasteiger partial charge in [0.1, 0.15) is 5.01 Å². The van der Waals surface area contributed by atoms with Crippen molar-refractivity contribution in [3.05, 3.63) is 5.01 Å². The lowest BCUT2D eigenvalue weighted by atomic mass is 10.1. The van der Waals surface area contributed by atoms with Gasteiger partial charge >= 0.3 is 5.97 Å². The molecule has 0 fully saturated rings. The third-order valence-corrected chi connectivity index (χ3v) is 4.69. The molecule has 2 N–H and O–H groups in total. The van der Waals surface area contributed by atoms with E-state index in [0.717, 1.165) is 18.3 Å². The molecule has 1 unspecified atom stereocenters. The Morgan fingerprint density at radius 1 is 1.39 bits per heavy atom. The molecule has 9 heteroatoms. The molecular formula is C9H15N3O4S2. The standard InChI is InChI=1S/C9H15N3O4S2/c1-5(2)4-7-10-11-9(17-7)12-18(15,16)6(3)8(13)14/h5-6H,4H2,1-3H3,(H,11,12)(H,13,14). The smallest absolute Gasteiger partial charge is 0.323 e. The van der Waals surface area contributed by atoms with Crippen LogP contribution in [0.5, 0.6) is 0 Å². The van der Waals surface area contributed by atoms with Crippen molar-refractivity contribution in [2.75, 3.05) is 4.72 Å². The van der Waals surface area contributed by atoms with Gasteiger partial charge in [-0.3, -0.25) is 9.52 Å². The maximum Gasteiger partial charge on any atom is 0.323 e. The Balaban J connectivity index is 2.79. The zero-order valence-corrected chi connectivity index (χ0v) is 11.9. The zero-order valence-electron chi connectivity index (χ0n) is 10.2. The molecule has 0 aliphatic carbocycles. The van der Waals surface area contributed by atoms with Gasteiger partial charge in [0, 0.05) is 6.42 Å². The summed E-state index contributed by atoms with van der Waals surface area (Å²) < 4.78 is 25.4. The molecule has 0 aliphatic rings. The minimum absolute atomic E-state index is 0.0961. The van der Waals surface area contributed by atoms with Crippen molar-refractivity contribution in [1.82, 2.24) is 10.2 Å². The molecule has 7 nitrogen and oxygen atoms in total. The molecule has 0 radical (unpaired) electrons. The van der Waals surface area contributed by atoms with Crippen molar-refractivity contribution in [3.63, 3.8) is 0 Å². The highest BCUT2D eigenvalue weighted by Crippen LogP contribution is 2.20. The Morgan fingerprint density at radius 2 is 2.00 bits per heavy atom. The minimum atomic E-state index is -3.97.